The summed E-state index contributed by atoms with van der Waals surface area (Å²) in [4.78, 5) is 0. The highest BCUT2D eigenvalue weighted by molar-refractivity contribution is 5.79. The Bertz CT molecular complexity index is 385. The Hall–Kier alpha value is -1.50. The average Bonchev–Trinajstić information content (AvgIpc) is 2.67. The molecule has 1 heterocycles. The minimum absolute atomic E-state index is 0.919. The van der Waals surface area contributed by atoms with Crippen LogP contribution in [0, 0.1) is 0 Å². The minimum atomic E-state index is 0.919. The Morgan fingerprint density at radius 2 is 2.00 bits per heavy atom. The first kappa shape index (κ1) is 9.59. The van der Waals surface area contributed by atoms with Crippen LogP contribution in [-0.2, 0) is 0 Å². The SMILES string of the molecule is C=Cc1ccc2ccoc2c1.CC. The van der Waals surface area contributed by atoms with E-state index in [2.05, 4.69) is 6.58 Å². The highest BCUT2D eigenvalue weighted by Gasteiger charge is 1.94. The van der Waals surface area contributed by atoms with Gasteiger partial charge in [0, 0.05) is 5.39 Å². The summed E-state index contributed by atoms with van der Waals surface area (Å²) in [5.74, 6) is 0. The van der Waals surface area contributed by atoms with Crippen LogP contribution in [0.5, 0.6) is 0 Å². The Morgan fingerprint density at radius 1 is 1.23 bits per heavy atom. The van der Waals surface area contributed by atoms with Crippen LogP contribution in [0.4, 0.5) is 0 Å². The van der Waals surface area contributed by atoms with E-state index in [1.54, 1.807) is 6.26 Å². The third-order valence-corrected chi connectivity index (χ3v) is 1.72. The van der Waals surface area contributed by atoms with Crippen LogP contribution in [0.15, 0.2) is 41.5 Å². The van der Waals surface area contributed by atoms with Gasteiger partial charge in [-0.25, -0.2) is 0 Å². The van der Waals surface area contributed by atoms with Crippen LogP contribution >= 0.6 is 0 Å². The fraction of sp³-hybridized carbons (Fsp3) is 0.167. The molecule has 0 spiro atoms. The van der Waals surface area contributed by atoms with Crippen LogP contribution in [0.1, 0.15) is 19.4 Å². The molecule has 0 aliphatic heterocycles. The normalized spacial score (nSPS) is 9.08. The van der Waals surface area contributed by atoms with Crippen molar-refractivity contribution in [2.75, 3.05) is 0 Å². The van der Waals surface area contributed by atoms with Gasteiger partial charge in [0.05, 0.1) is 6.26 Å². The number of benzene rings is 1. The van der Waals surface area contributed by atoms with E-state index < -0.39 is 0 Å². The number of rotatable bonds is 1. The third-order valence-electron chi connectivity index (χ3n) is 1.72. The molecule has 13 heavy (non-hydrogen) atoms. The molecule has 68 valence electrons. The van der Waals surface area contributed by atoms with E-state index in [4.69, 9.17) is 4.42 Å². The molecule has 1 heteroatoms. The van der Waals surface area contributed by atoms with Crippen LogP contribution < -0.4 is 0 Å². The van der Waals surface area contributed by atoms with E-state index in [0.29, 0.717) is 0 Å². The van der Waals surface area contributed by atoms with Crippen molar-refractivity contribution in [1.29, 1.82) is 0 Å². The zero-order valence-corrected chi connectivity index (χ0v) is 8.08. The maximum absolute atomic E-state index is 5.21. The molecular formula is C12H14O. The third kappa shape index (κ3) is 2.00. The quantitative estimate of drug-likeness (QED) is 0.634. The smallest absolute Gasteiger partial charge is 0.134 e. The molecule has 0 unspecified atom stereocenters. The molecule has 0 N–H and O–H groups in total. The largest absolute Gasteiger partial charge is 0.464 e. The number of furan rings is 1. The van der Waals surface area contributed by atoms with Crippen molar-refractivity contribution in [3.63, 3.8) is 0 Å². The predicted octanol–water partition coefficient (Wildman–Crippen LogP) is 4.10. The maximum Gasteiger partial charge on any atom is 0.134 e. The van der Waals surface area contributed by atoms with Crippen molar-refractivity contribution >= 4 is 17.0 Å². The molecule has 1 aromatic carbocycles. The van der Waals surface area contributed by atoms with Gasteiger partial charge in [-0.2, -0.15) is 0 Å². The molecule has 0 radical (unpaired) electrons. The molecule has 0 saturated carbocycles. The van der Waals surface area contributed by atoms with Crippen LogP contribution in [0.2, 0.25) is 0 Å². The van der Waals surface area contributed by atoms with Gasteiger partial charge in [0.1, 0.15) is 5.58 Å². The van der Waals surface area contributed by atoms with E-state index in [9.17, 15) is 0 Å². The minimum Gasteiger partial charge on any atom is -0.464 e. The zero-order valence-electron chi connectivity index (χ0n) is 8.08. The zero-order chi connectivity index (χ0) is 9.68. The molecule has 0 amide bonds. The highest BCUT2D eigenvalue weighted by atomic mass is 16.3. The first-order valence-electron chi connectivity index (χ1n) is 4.50. The monoisotopic (exact) mass is 174 g/mol. The van der Waals surface area contributed by atoms with Gasteiger partial charge in [-0.3, -0.25) is 0 Å². The fourth-order valence-electron chi connectivity index (χ4n) is 1.10. The topological polar surface area (TPSA) is 13.1 Å². The number of fused-ring (bicyclic) bond motifs is 1. The Balaban J connectivity index is 0.000000396. The molecule has 0 aliphatic rings. The summed E-state index contributed by atoms with van der Waals surface area (Å²) in [6.45, 7) is 7.68. The second-order valence-electron chi connectivity index (χ2n) is 2.42. The summed E-state index contributed by atoms with van der Waals surface area (Å²) >= 11 is 0. The van der Waals surface area contributed by atoms with E-state index in [1.165, 1.54) is 0 Å². The first-order valence-corrected chi connectivity index (χ1v) is 4.50. The van der Waals surface area contributed by atoms with Gasteiger partial charge in [0.2, 0.25) is 0 Å². The number of hydrogen-bond acceptors (Lipinski definition) is 1. The Morgan fingerprint density at radius 3 is 2.69 bits per heavy atom. The summed E-state index contributed by atoms with van der Waals surface area (Å²) in [6.07, 6.45) is 3.50. The van der Waals surface area contributed by atoms with Crippen molar-refractivity contribution in [3.8, 4) is 0 Å². The van der Waals surface area contributed by atoms with Crippen molar-refractivity contribution in [3.05, 3.63) is 42.7 Å². The van der Waals surface area contributed by atoms with Gasteiger partial charge in [-0.05, 0) is 17.7 Å². The predicted molar refractivity (Wildman–Crippen MR) is 57.7 cm³/mol. The summed E-state index contributed by atoms with van der Waals surface area (Å²) in [7, 11) is 0. The molecule has 0 aliphatic carbocycles. The summed E-state index contributed by atoms with van der Waals surface area (Å²) < 4.78 is 5.21. The highest BCUT2D eigenvalue weighted by Crippen LogP contribution is 2.17. The lowest BCUT2D eigenvalue weighted by molar-refractivity contribution is 0.616. The lowest BCUT2D eigenvalue weighted by Crippen LogP contribution is -1.68. The van der Waals surface area contributed by atoms with E-state index >= 15 is 0 Å². The van der Waals surface area contributed by atoms with Crippen LogP contribution in [0.3, 0.4) is 0 Å². The molecule has 2 aromatic rings. The van der Waals surface area contributed by atoms with Crippen molar-refractivity contribution in [1.82, 2.24) is 0 Å². The lowest BCUT2D eigenvalue weighted by atomic mass is 10.2. The molecule has 2 rings (SSSR count). The second-order valence-corrected chi connectivity index (χ2v) is 2.42. The summed E-state index contributed by atoms with van der Waals surface area (Å²) in [6, 6.07) is 7.96. The molecule has 0 bridgehead atoms. The van der Waals surface area contributed by atoms with Crippen molar-refractivity contribution in [2.24, 2.45) is 0 Å². The van der Waals surface area contributed by atoms with Crippen molar-refractivity contribution in [2.45, 2.75) is 13.8 Å². The molecule has 0 saturated heterocycles. The fourth-order valence-corrected chi connectivity index (χ4v) is 1.10. The summed E-state index contributed by atoms with van der Waals surface area (Å²) in [5.41, 5.74) is 2.01. The molecular weight excluding hydrogens is 160 g/mol. The van der Waals surface area contributed by atoms with E-state index in [0.717, 1.165) is 16.5 Å². The van der Waals surface area contributed by atoms with Gasteiger partial charge in [-0.1, -0.05) is 38.6 Å². The number of hydrogen-bond donors (Lipinski definition) is 0. The Kier molecular flexibility index (Phi) is 3.32. The standard InChI is InChI=1S/C10H8O.C2H6/c1-2-8-3-4-9-5-6-11-10(9)7-8;1-2/h2-7H,1H2;1-2H3. The van der Waals surface area contributed by atoms with Gasteiger partial charge in [0.15, 0.2) is 0 Å². The van der Waals surface area contributed by atoms with E-state index in [1.807, 2.05) is 44.2 Å². The van der Waals surface area contributed by atoms with E-state index in [-0.39, 0.29) is 0 Å². The average molecular weight is 174 g/mol. The van der Waals surface area contributed by atoms with Crippen LogP contribution in [-0.4, -0.2) is 0 Å². The Labute approximate surface area is 78.7 Å². The molecule has 1 aromatic heterocycles. The maximum atomic E-state index is 5.21. The van der Waals surface area contributed by atoms with Gasteiger partial charge >= 0.3 is 0 Å². The second kappa shape index (κ2) is 4.51. The molecule has 0 atom stereocenters. The lowest BCUT2D eigenvalue weighted by Gasteiger charge is -1.90. The molecule has 0 fully saturated rings. The van der Waals surface area contributed by atoms with Gasteiger partial charge < -0.3 is 4.42 Å². The first-order chi connectivity index (χ1) is 6.40. The van der Waals surface area contributed by atoms with Gasteiger partial charge in [0.25, 0.3) is 0 Å². The molecule has 1 nitrogen and oxygen atoms in total. The van der Waals surface area contributed by atoms with Crippen LogP contribution in [0.25, 0.3) is 17.0 Å². The summed E-state index contributed by atoms with van der Waals surface area (Å²) in [5, 5.41) is 1.13. The van der Waals surface area contributed by atoms with Crippen molar-refractivity contribution < 1.29 is 4.42 Å². The van der Waals surface area contributed by atoms with Gasteiger partial charge in [-0.15, -0.1) is 0 Å².